The zero-order valence-corrected chi connectivity index (χ0v) is 12.4. The molecular formula is C15H11BrClNO. The second-order valence-electron chi connectivity index (χ2n) is 3.97. The molecule has 0 N–H and O–H groups in total. The molecule has 0 aromatic heterocycles. The van der Waals surface area contributed by atoms with Crippen LogP contribution in [-0.2, 0) is 12.3 Å². The Labute approximate surface area is 125 Å². The summed E-state index contributed by atoms with van der Waals surface area (Å²) in [7, 11) is 0. The minimum Gasteiger partial charge on any atom is -0.457 e. The Morgan fingerprint density at radius 1 is 1.16 bits per heavy atom. The third-order valence-electron chi connectivity index (χ3n) is 2.61. The van der Waals surface area contributed by atoms with Crippen LogP contribution in [0.4, 0.5) is 0 Å². The molecule has 0 heterocycles. The summed E-state index contributed by atoms with van der Waals surface area (Å²) in [5.41, 5.74) is 1.91. The molecule has 0 fully saturated rings. The molecule has 19 heavy (non-hydrogen) atoms. The van der Waals surface area contributed by atoms with Crippen LogP contribution >= 0.6 is 27.5 Å². The Balaban J connectivity index is 2.21. The summed E-state index contributed by atoms with van der Waals surface area (Å²) in [6, 6.07) is 15.3. The van der Waals surface area contributed by atoms with Crippen molar-refractivity contribution in [3.05, 3.63) is 58.1 Å². The number of halogens is 2. The minimum absolute atomic E-state index is 0.398. The van der Waals surface area contributed by atoms with E-state index in [9.17, 15) is 0 Å². The molecule has 0 saturated heterocycles. The smallest absolute Gasteiger partial charge is 0.132 e. The molecule has 0 atom stereocenters. The molecule has 0 radical (unpaired) electrons. The molecule has 2 nitrogen and oxygen atoms in total. The van der Waals surface area contributed by atoms with Gasteiger partial charge in [0.05, 0.1) is 18.4 Å². The van der Waals surface area contributed by atoms with Gasteiger partial charge in [-0.1, -0.05) is 34.1 Å². The van der Waals surface area contributed by atoms with Gasteiger partial charge in [0.1, 0.15) is 11.5 Å². The van der Waals surface area contributed by atoms with Crippen molar-refractivity contribution in [3.8, 4) is 17.6 Å². The maximum absolute atomic E-state index is 8.62. The molecule has 96 valence electrons. The summed E-state index contributed by atoms with van der Waals surface area (Å²) in [6.45, 7) is 0. The Hall–Kier alpha value is -1.50. The predicted molar refractivity (Wildman–Crippen MR) is 79.5 cm³/mol. The summed E-state index contributed by atoms with van der Waals surface area (Å²) in [5.74, 6) is 1.86. The van der Waals surface area contributed by atoms with Crippen molar-refractivity contribution in [1.29, 1.82) is 5.26 Å². The fourth-order valence-corrected chi connectivity index (χ4v) is 2.19. The molecule has 0 bridgehead atoms. The van der Waals surface area contributed by atoms with Crippen molar-refractivity contribution >= 4 is 27.5 Å². The lowest BCUT2D eigenvalue weighted by Gasteiger charge is -2.10. The Morgan fingerprint density at radius 3 is 2.53 bits per heavy atom. The lowest BCUT2D eigenvalue weighted by molar-refractivity contribution is 0.478. The SMILES string of the molecule is N#CCc1ccc(Oc2cc(Br)ccc2CCl)cc1. The first kappa shape index (κ1) is 13.9. The summed E-state index contributed by atoms with van der Waals surface area (Å²) < 4.78 is 6.76. The maximum atomic E-state index is 8.62. The molecule has 0 saturated carbocycles. The standard InChI is InChI=1S/C15H11BrClNO/c16-13-4-3-12(10-17)15(9-13)19-14-5-1-11(2-6-14)7-8-18/h1-6,9H,7,10H2. The number of hydrogen-bond donors (Lipinski definition) is 0. The van der Waals surface area contributed by atoms with E-state index in [0.717, 1.165) is 27.1 Å². The quantitative estimate of drug-likeness (QED) is 0.732. The molecule has 2 aromatic carbocycles. The van der Waals surface area contributed by atoms with Crippen molar-refractivity contribution in [2.45, 2.75) is 12.3 Å². The van der Waals surface area contributed by atoms with Gasteiger partial charge in [0, 0.05) is 10.0 Å². The highest BCUT2D eigenvalue weighted by Gasteiger charge is 2.05. The Morgan fingerprint density at radius 2 is 1.89 bits per heavy atom. The van der Waals surface area contributed by atoms with E-state index in [1.54, 1.807) is 0 Å². The van der Waals surface area contributed by atoms with Crippen LogP contribution in [0, 0.1) is 11.3 Å². The number of nitriles is 1. The van der Waals surface area contributed by atoms with E-state index >= 15 is 0 Å². The van der Waals surface area contributed by atoms with Gasteiger partial charge in [0.2, 0.25) is 0 Å². The van der Waals surface area contributed by atoms with Crippen molar-refractivity contribution in [1.82, 2.24) is 0 Å². The molecule has 0 unspecified atom stereocenters. The van der Waals surface area contributed by atoms with Gasteiger partial charge in [-0.2, -0.15) is 5.26 Å². The number of alkyl halides is 1. The van der Waals surface area contributed by atoms with Crippen LogP contribution in [-0.4, -0.2) is 0 Å². The fraction of sp³-hybridized carbons (Fsp3) is 0.133. The molecule has 0 spiro atoms. The highest BCUT2D eigenvalue weighted by molar-refractivity contribution is 9.10. The van der Waals surface area contributed by atoms with Gasteiger partial charge in [-0.3, -0.25) is 0 Å². The van der Waals surface area contributed by atoms with E-state index in [2.05, 4.69) is 22.0 Å². The van der Waals surface area contributed by atoms with Crippen LogP contribution in [0.3, 0.4) is 0 Å². The Bertz CT molecular complexity index is 605. The second-order valence-corrected chi connectivity index (χ2v) is 5.15. The highest BCUT2D eigenvalue weighted by Crippen LogP contribution is 2.29. The monoisotopic (exact) mass is 335 g/mol. The average molecular weight is 337 g/mol. The fourth-order valence-electron chi connectivity index (χ4n) is 1.63. The number of hydrogen-bond acceptors (Lipinski definition) is 2. The van der Waals surface area contributed by atoms with E-state index in [0.29, 0.717) is 12.3 Å². The molecule has 0 aliphatic rings. The lowest BCUT2D eigenvalue weighted by atomic mass is 10.1. The lowest BCUT2D eigenvalue weighted by Crippen LogP contribution is -1.90. The van der Waals surface area contributed by atoms with Crippen LogP contribution < -0.4 is 4.74 Å². The first-order valence-electron chi connectivity index (χ1n) is 5.71. The summed E-state index contributed by atoms with van der Waals surface area (Å²) >= 11 is 9.30. The van der Waals surface area contributed by atoms with Gasteiger partial charge in [0.15, 0.2) is 0 Å². The van der Waals surface area contributed by atoms with E-state index in [-0.39, 0.29) is 0 Å². The highest BCUT2D eigenvalue weighted by atomic mass is 79.9. The summed E-state index contributed by atoms with van der Waals surface area (Å²) in [6.07, 6.45) is 0.407. The number of benzene rings is 2. The third kappa shape index (κ3) is 3.73. The van der Waals surface area contributed by atoms with Gasteiger partial charge in [-0.15, -0.1) is 11.6 Å². The summed E-state index contributed by atoms with van der Waals surface area (Å²) in [4.78, 5) is 0. The zero-order valence-electron chi connectivity index (χ0n) is 10.1. The topological polar surface area (TPSA) is 33.0 Å². The molecule has 0 aliphatic heterocycles. The first-order valence-corrected chi connectivity index (χ1v) is 7.04. The van der Waals surface area contributed by atoms with Crippen LogP contribution in [0.15, 0.2) is 46.9 Å². The first-order chi connectivity index (χ1) is 9.22. The van der Waals surface area contributed by atoms with Crippen LogP contribution in [0.2, 0.25) is 0 Å². The normalized spacial score (nSPS) is 9.95. The van der Waals surface area contributed by atoms with E-state index in [1.165, 1.54) is 0 Å². The Kier molecular flexibility index (Phi) is 4.84. The molecular weight excluding hydrogens is 326 g/mol. The van der Waals surface area contributed by atoms with Gasteiger partial charge in [0.25, 0.3) is 0 Å². The van der Waals surface area contributed by atoms with Crippen molar-refractivity contribution in [3.63, 3.8) is 0 Å². The van der Waals surface area contributed by atoms with Crippen LogP contribution in [0.5, 0.6) is 11.5 Å². The van der Waals surface area contributed by atoms with Crippen molar-refractivity contribution < 1.29 is 4.74 Å². The largest absolute Gasteiger partial charge is 0.457 e. The number of rotatable bonds is 4. The molecule has 0 amide bonds. The van der Waals surface area contributed by atoms with E-state index in [4.69, 9.17) is 21.6 Å². The van der Waals surface area contributed by atoms with Crippen LogP contribution in [0.25, 0.3) is 0 Å². The van der Waals surface area contributed by atoms with Gasteiger partial charge < -0.3 is 4.74 Å². The summed E-state index contributed by atoms with van der Waals surface area (Å²) in [5, 5.41) is 8.62. The predicted octanol–water partition coefficient (Wildman–Crippen LogP) is 5.05. The van der Waals surface area contributed by atoms with E-state index in [1.807, 2.05) is 42.5 Å². The van der Waals surface area contributed by atoms with Crippen molar-refractivity contribution in [2.24, 2.45) is 0 Å². The van der Waals surface area contributed by atoms with Gasteiger partial charge in [-0.25, -0.2) is 0 Å². The zero-order chi connectivity index (χ0) is 13.7. The molecule has 2 aromatic rings. The molecule has 2 rings (SSSR count). The molecule has 4 heteroatoms. The molecule has 0 aliphatic carbocycles. The third-order valence-corrected chi connectivity index (χ3v) is 3.39. The van der Waals surface area contributed by atoms with Gasteiger partial charge >= 0.3 is 0 Å². The number of ether oxygens (including phenoxy) is 1. The maximum Gasteiger partial charge on any atom is 0.132 e. The number of nitrogens with zero attached hydrogens (tertiary/aromatic N) is 1. The average Bonchev–Trinajstić information content (AvgIpc) is 2.42. The van der Waals surface area contributed by atoms with Crippen molar-refractivity contribution in [2.75, 3.05) is 0 Å². The van der Waals surface area contributed by atoms with Gasteiger partial charge in [-0.05, 0) is 29.8 Å². The van der Waals surface area contributed by atoms with Crippen LogP contribution in [0.1, 0.15) is 11.1 Å². The minimum atomic E-state index is 0.398. The van der Waals surface area contributed by atoms with E-state index < -0.39 is 0 Å². The second kappa shape index (κ2) is 6.60.